The number of allylic oxidation sites excluding steroid dienone is 1. The van der Waals surface area contributed by atoms with E-state index in [2.05, 4.69) is 34.3 Å². The molecule has 0 aliphatic heterocycles. The van der Waals surface area contributed by atoms with Crippen LogP contribution in [0.2, 0.25) is 0 Å². The van der Waals surface area contributed by atoms with E-state index in [0.717, 1.165) is 11.8 Å². The summed E-state index contributed by atoms with van der Waals surface area (Å²) >= 11 is 0. The molecule has 0 aromatic rings. The lowest BCUT2D eigenvalue weighted by atomic mass is 9.68. The average molecular weight is 166 g/mol. The van der Waals surface area contributed by atoms with Crippen LogP contribution in [0.5, 0.6) is 0 Å². The van der Waals surface area contributed by atoms with Gasteiger partial charge in [-0.05, 0) is 36.5 Å². The van der Waals surface area contributed by atoms with Crippen molar-refractivity contribution in [1.29, 1.82) is 0 Å². The molecule has 0 aromatic carbocycles. The zero-order chi connectivity index (χ0) is 9.35. The molecule has 1 aliphatic carbocycles. The molecule has 2 unspecified atom stereocenters. The molecule has 0 N–H and O–H groups in total. The molecule has 0 heterocycles. The summed E-state index contributed by atoms with van der Waals surface area (Å²) in [5, 5.41) is 0. The maximum Gasteiger partial charge on any atom is -0.0232 e. The quantitative estimate of drug-likeness (QED) is 0.477. The van der Waals surface area contributed by atoms with Gasteiger partial charge in [-0.3, -0.25) is 0 Å². The summed E-state index contributed by atoms with van der Waals surface area (Å²) in [6, 6.07) is 0. The largest absolute Gasteiger partial charge is 0.0996 e. The Kier molecular flexibility index (Phi) is 2.65. The molecule has 1 fully saturated rings. The highest BCUT2D eigenvalue weighted by Gasteiger charge is 2.30. The molecule has 2 atom stereocenters. The molecule has 0 amide bonds. The van der Waals surface area contributed by atoms with Crippen LogP contribution in [-0.2, 0) is 0 Å². The van der Waals surface area contributed by atoms with Gasteiger partial charge in [0.05, 0.1) is 0 Å². The first-order valence-corrected chi connectivity index (χ1v) is 5.09. The first-order valence-electron chi connectivity index (χ1n) is 5.09. The van der Waals surface area contributed by atoms with Gasteiger partial charge in [0, 0.05) is 0 Å². The lowest BCUT2D eigenvalue weighted by Gasteiger charge is -2.37. The van der Waals surface area contributed by atoms with Crippen LogP contribution in [0.15, 0.2) is 12.2 Å². The van der Waals surface area contributed by atoms with Gasteiger partial charge in [0.1, 0.15) is 0 Å². The molecule has 0 aromatic heterocycles. The fourth-order valence-corrected chi connectivity index (χ4v) is 2.10. The number of rotatable bonds is 0. The van der Waals surface area contributed by atoms with E-state index < -0.39 is 0 Å². The smallest absolute Gasteiger partial charge is 0.0232 e. The third kappa shape index (κ3) is 2.12. The Morgan fingerprint density at radius 2 is 1.92 bits per heavy atom. The van der Waals surface area contributed by atoms with E-state index in [1.807, 2.05) is 0 Å². The summed E-state index contributed by atoms with van der Waals surface area (Å²) in [4.78, 5) is 0. The highest BCUT2D eigenvalue weighted by molar-refractivity contribution is 5.04. The number of hydrogen-bond donors (Lipinski definition) is 0. The second-order valence-corrected chi connectivity index (χ2v) is 5.40. The van der Waals surface area contributed by atoms with E-state index in [1.54, 1.807) is 0 Å². The van der Waals surface area contributed by atoms with Crippen LogP contribution in [-0.4, -0.2) is 0 Å². The van der Waals surface area contributed by atoms with Gasteiger partial charge in [-0.1, -0.05) is 39.8 Å². The fraction of sp³-hybridized carbons (Fsp3) is 0.833. The zero-order valence-electron chi connectivity index (χ0n) is 8.98. The fourth-order valence-electron chi connectivity index (χ4n) is 2.10. The van der Waals surface area contributed by atoms with Crippen molar-refractivity contribution in [3.05, 3.63) is 12.2 Å². The van der Waals surface area contributed by atoms with Crippen molar-refractivity contribution < 1.29 is 0 Å². The van der Waals surface area contributed by atoms with Gasteiger partial charge in [-0.2, -0.15) is 0 Å². The molecular formula is C12H22. The van der Waals surface area contributed by atoms with E-state index in [1.165, 1.54) is 24.8 Å². The SMILES string of the molecule is C=C1CCC(C(C)(C)C)CC1C. The summed E-state index contributed by atoms with van der Waals surface area (Å²) in [5.74, 6) is 1.65. The maximum atomic E-state index is 4.11. The summed E-state index contributed by atoms with van der Waals surface area (Å²) < 4.78 is 0. The molecule has 70 valence electrons. The second-order valence-electron chi connectivity index (χ2n) is 5.40. The first kappa shape index (κ1) is 9.83. The summed E-state index contributed by atoms with van der Waals surface area (Å²) in [7, 11) is 0. The third-order valence-electron chi connectivity index (χ3n) is 3.37. The Labute approximate surface area is 77.1 Å². The molecule has 0 heteroatoms. The highest BCUT2D eigenvalue weighted by atomic mass is 14.3. The third-order valence-corrected chi connectivity index (χ3v) is 3.37. The van der Waals surface area contributed by atoms with Gasteiger partial charge in [-0.15, -0.1) is 0 Å². The van der Waals surface area contributed by atoms with Crippen LogP contribution in [0, 0.1) is 17.3 Å². The monoisotopic (exact) mass is 166 g/mol. The minimum Gasteiger partial charge on any atom is -0.0996 e. The van der Waals surface area contributed by atoms with Crippen molar-refractivity contribution in [3.8, 4) is 0 Å². The molecule has 0 saturated heterocycles. The van der Waals surface area contributed by atoms with Gasteiger partial charge in [0.15, 0.2) is 0 Å². The first-order chi connectivity index (χ1) is 5.41. The van der Waals surface area contributed by atoms with Gasteiger partial charge >= 0.3 is 0 Å². The van der Waals surface area contributed by atoms with Crippen molar-refractivity contribution >= 4 is 0 Å². The maximum absolute atomic E-state index is 4.11. The Balaban J connectivity index is 2.57. The molecule has 0 nitrogen and oxygen atoms in total. The molecular weight excluding hydrogens is 144 g/mol. The van der Waals surface area contributed by atoms with Crippen molar-refractivity contribution in [2.45, 2.75) is 47.0 Å². The summed E-state index contributed by atoms with van der Waals surface area (Å²) in [6.07, 6.45) is 3.96. The average Bonchev–Trinajstić information content (AvgIpc) is 1.92. The summed E-state index contributed by atoms with van der Waals surface area (Å²) in [5.41, 5.74) is 1.96. The van der Waals surface area contributed by atoms with Crippen molar-refractivity contribution in [3.63, 3.8) is 0 Å². The van der Waals surface area contributed by atoms with Crippen LogP contribution in [0.3, 0.4) is 0 Å². The van der Waals surface area contributed by atoms with Crippen LogP contribution in [0.4, 0.5) is 0 Å². The predicted molar refractivity (Wildman–Crippen MR) is 55.1 cm³/mol. The van der Waals surface area contributed by atoms with E-state index in [-0.39, 0.29) is 0 Å². The lowest BCUT2D eigenvalue weighted by molar-refractivity contribution is 0.174. The second kappa shape index (κ2) is 3.24. The van der Waals surface area contributed by atoms with Gasteiger partial charge in [-0.25, -0.2) is 0 Å². The van der Waals surface area contributed by atoms with Crippen LogP contribution in [0.25, 0.3) is 0 Å². The van der Waals surface area contributed by atoms with Gasteiger partial charge in [0.2, 0.25) is 0 Å². The van der Waals surface area contributed by atoms with E-state index >= 15 is 0 Å². The van der Waals surface area contributed by atoms with E-state index in [9.17, 15) is 0 Å². The molecule has 0 radical (unpaired) electrons. The van der Waals surface area contributed by atoms with E-state index in [4.69, 9.17) is 0 Å². The van der Waals surface area contributed by atoms with Crippen LogP contribution < -0.4 is 0 Å². The van der Waals surface area contributed by atoms with Crippen molar-refractivity contribution in [1.82, 2.24) is 0 Å². The van der Waals surface area contributed by atoms with Crippen molar-refractivity contribution in [2.24, 2.45) is 17.3 Å². The van der Waals surface area contributed by atoms with Crippen LogP contribution in [0.1, 0.15) is 47.0 Å². The molecule has 1 saturated carbocycles. The molecule has 1 rings (SSSR count). The molecule has 12 heavy (non-hydrogen) atoms. The minimum absolute atomic E-state index is 0.495. The lowest BCUT2D eigenvalue weighted by Crippen LogP contribution is -2.26. The predicted octanol–water partition coefficient (Wildman–Crippen LogP) is 4.02. The van der Waals surface area contributed by atoms with Gasteiger partial charge in [0.25, 0.3) is 0 Å². The zero-order valence-corrected chi connectivity index (χ0v) is 8.98. The topological polar surface area (TPSA) is 0 Å². The molecule has 0 bridgehead atoms. The molecule has 1 aliphatic rings. The molecule has 0 spiro atoms. The Morgan fingerprint density at radius 1 is 1.33 bits per heavy atom. The van der Waals surface area contributed by atoms with Crippen molar-refractivity contribution in [2.75, 3.05) is 0 Å². The highest BCUT2D eigenvalue weighted by Crippen LogP contribution is 2.41. The van der Waals surface area contributed by atoms with E-state index in [0.29, 0.717) is 5.41 Å². The Bertz CT molecular complexity index is 171. The van der Waals surface area contributed by atoms with Crippen LogP contribution >= 0.6 is 0 Å². The summed E-state index contributed by atoms with van der Waals surface area (Å²) in [6.45, 7) is 13.5. The minimum atomic E-state index is 0.495. The number of hydrogen-bond acceptors (Lipinski definition) is 0. The Hall–Kier alpha value is -0.260. The van der Waals surface area contributed by atoms with Gasteiger partial charge < -0.3 is 0 Å². The Morgan fingerprint density at radius 3 is 2.33 bits per heavy atom. The normalized spacial score (nSPS) is 32.2. The standard InChI is InChI=1S/C12H22/c1-9-6-7-11(8-10(9)2)12(3,4)5/h10-11H,1,6-8H2,2-5H3.